The highest BCUT2D eigenvalue weighted by Gasteiger charge is 2.04. The van der Waals surface area contributed by atoms with E-state index in [1.165, 1.54) is 6.26 Å². The summed E-state index contributed by atoms with van der Waals surface area (Å²) in [6.07, 6.45) is 2.42. The van der Waals surface area contributed by atoms with Gasteiger partial charge in [0.05, 0.1) is 18.2 Å². The molecule has 0 aliphatic carbocycles. The minimum atomic E-state index is 0.282. The second-order valence-corrected chi connectivity index (χ2v) is 3.81. The molecule has 0 aliphatic rings. The molecule has 0 amide bonds. The number of hydrogen-bond acceptors (Lipinski definition) is 3. The number of hydrogen-bond donors (Lipinski definition) is 0. The average Bonchev–Trinajstić information content (AvgIpc) is 2.70. The van der Waals surface area contributed by atoms with E-state index in [0.29, 0.717) is 23.0 Å². The highest BCUT2D eigenvalue weighted by Crippen LogP contribution is 2.13. The van der Waals surface area contributed by atoms with Gasteiger partial charge in [-0.1, -0.05) is 23.7 Å². The molecule has 2 aromatic rings. The van der Waals surface area contributed by atoms with E-state index < -0.39 is 0 Å². The van der Waals surface area contributed by atoms with Gasteiger partial charge in [-0.3, -0.25) is 0 Å². The van der Waals surface area contributed by atoms with Crippen LogP contribution >= 0.6 is 11.6 Å². The standard InChI is InChI=1S/C12H9ClN2O/c13-10-3-1-9(2-4-10)7-12-15-11(5-6-14)8-16-12/h1-4,8H,5,7H2. The van der Waals surface area contributed by atoms with E-state index in [1.807, 2.05) is 30.3 Å². The van der Waals surface area contributed by atoms with Crippen LogP contribution in [-0.2, 0) is 12.8 Å². The molecule has 16 heavy (non-hydrogen) atoms. The van der Waals surface area contributed by atoms with Gasteiger partial charge in [0.15, 0.2) is 5.89 Å². The van der Waals surface area contributed by atoms with E-state index in [9.17, 15) is 0 Å². The van der Waals surface area contributed by atoms with E-state index in [-0.39, 0.29) is 6.42 Å². The summed E-state index contributed by atoms with van der Waals surface area (Å²) >= 11 is 5.78. The third-order valence-electron chi connectivity index (χ3n) is 2.13. The van der Waals surface area contributed by atoms with Crippen LogP contribution in [0.25, 0.3) is 0 Å². The second-order valence-electron chi connectivity index (χ2n) is 3.37. The molecule has 1 aromatic heterocycles. The largest absolute Gasteiger partial charge is 0.448 e. The smallest absolute Gasteiger partial charge is 0.198 e. The molecule has 0 N–H and O–H groups in total. The number of oxazole rings is 1. The minimum Gasteiger partial charge on any atom is -0.448 e. The van der Waals surface area contributed by atoms with Crippen molar-refractivity contribution in [2.45, 2.75) is 12.8 Å². The molecule has 0 saturated carbocycles. The number of aromatic nitrogens is 1. The van der Waals surface area contributed by atoms with E-state index in [4.69, 9.17) is 21.3 Å². The van der Waals surface area contributed by atoms with Crippen LogP contribution in [0.2, 0.25) is 5.02 Å². The normalized spacial score (nSPS) is 10.0. The van der Waals surface area contributed by atoms with E-state index in [1.54, 1.807) is 0 Å². The summed E-state index contributed by atoms with van der Waals surface area (Å²) < 4.78 is 5.26. The summed E-state index contributed by atoms with van der Waals surface area (Å²) in [4.78, 5) is 4.20. The van der Waals surface area contributed by atoms with Crippen molar-refractivity contribution in [3.05, 3.63) is 52.7 Å². The Bertz CT molecular complexity index is 511. The predicted molar refractivity (Wildman–Crippen MR) is 60.1 cm³/mol. The van der Waals surface area contributed by atoms with Crippen LogP contribution in [0.5, 0.6) is 0 Å². The molecule has 1 aromatic carbocycles. The van der Waals surface area contributed by atoms with Gasteiger partial charge in [0.1, 0.15) is 6.26 Å². The Kier molecular flexibility index (Phi) is 3.23. The molecule has 2 rings (SSSR count). The van der Waals surface area contributed by atoms with E-state index >= 15 is 0 Å². The Labute approximate surface area is 98.3 Å². The van der Waals surface area contributed by atoms with Gasteiger partial charge >= 0.3 is 0 Å². The first-order chi connectivity index (χ1) is 7.78. The van der Waals surface area contributed by atoms with Gasteiger partial charge in [-0.15, -0.1) is 0 Å². The van der Waals surface area contributed by atoms with Crippen LogP contribution in [0.1, 0.15) is 17.1 Å². The van der Waals surface area contributed by atoms with Crippen molar-refractivity contribution in [3.63, 3.8) is 0 Å². The van der Waals surface area contributed by atoms with Crippen LogP contribution < -0.4 is 0 Å². The molecule has 80 valence electrons. The average molecular weight is 233 g/mol. The Morgan fingerprint density at radius 3 is 2.75 bits per heavy atom. The first-order valence-electron chi connectivity index (χ1n) is 4.82. The van der Waals surface area contributed by atoms with Gasteiger partial charge in [0.25, 0.3) is 0 Å². The predicted octanol–water partition coefficient (Wildman–Crippen LogP) is 2.98. The Hall–Kier alpha value is -1.79. The molecular weight excluding hydrogens is 224 g/mol. The van der Waals surface area contributed by atoms with E-state index in [0.717, 1.165) is 5.56 Å². The summed E-state index contributed by atoms with van der Waals surface area (Å²) in [6, 6.07) is 9.54. The molecule has 1 heterocycles. The van der Waals surface area contributed by atoms with Gasteiger partial charge in [-0.2, -0.15) is 5.26 Å². The first kappa shape index (κ1) is 10.7. The van der Waals surface area contributed by atoms with Gasteiger partial charge in [0, 0.05) is 11.4 Å². The number of rotatable bonds is 3. The summed E-state index contributed by atoms with van der Waals surface area (Å²) in [5.74, 6) is 0.618. The van der Waals surface area contributed by atoms with Crippen molar-refractivity contribution in [1.29, 1.82) is 5.26 Å². The summed E-state index contributed by atoms with van der Waals surface area (Å²) in [6.45, 7) is 0. The van der Waals surface area contributed by atoms with Crippen molar-refractivity contribution in [3.8, 4) is 6.07 Å². The van der Waals surface area contributed by atoms with Crippen molar-refractivity contribution in [2.24, 2.45) is 0 Å². The molecule has 0 atom stereocenters. The number of halogens is 1. The highest BCUT2D eigenvalue weighted by atomic mass is 35.5. The summed E-state index contributed by atoms with van der Waals surface area (Å²) in [7, 11) is 0. The molecule has 4 heteroatoms. The van der Waals surface area contributed by atoms with Crippen LogP contribution in [0, 0.1) is 11.3 Å². The fourth-order valence-electron chi connectivity index (χ4n) is 1.37. The minimum absolute atomic E-state index is 0.282. The lowest BCUT2D eigenvalue weighted by Gasteiger charge is -1.96. The zero-order chi connectivity index (χ0) is 11.4. The fourth-order valence-corrected chi connectivity index (χ4v) is 1.50. The van der Waals surface area contributed by atoms with Gasteiger partial charge in [-0.05, 0) is 17.7 Å². The zero-order valence-electron chi connectivity index (χ0n) is 8.48. The Balaban J connectivity index is 2.09. The maximum atomic E-state index is 8.50. The van der Waals surface area contributed by atoms with Crippen LogP contribution in [0.3, 0.4) is 0 Å². The highest BCUT2D eigenvalue weighted by molar-refractivity contribution is 6.30. The topological polar surface area (TPSA) is 49.8 Å². The number of benzene rings is 1. The van der Waals surface area contributed by atoms with Crippen molar-refractivity contribution < 1.29 is 4.42 Å². The maximum absolute atomic E-state index is 8.50. The quantitative estimate of drug-likeness (QED) is 0.818. The lowest BCUT2D eigenvalue weighted by molar-refractivity contribution is 0.506. The van der Waals surface area contributed by atoms with Gasteiger partial charge in [-0.25, -0.2) is 4.98 Å². The molecular formula is C12H9ClN2O. The number of nitriles is 1. The molecule has 3 nitrogen and oxygen atoms in total. The number of nitrogens with zero attached hydrogens (tertiary/aromatic N) is 2. The molecule has 0 unspecified atom stereocenters. The van der Waals surface area contributed by atoms with Crippen LogP contribution in [-0.4, -0.2) is 4.98 Å². The molecule has 0 saturated heterocycles. The Morgan fingerprint density at radius 1 is 1.31 bits per heavy atom. The lowest BCUT2D eigenvalue weighted by Crippen LogP contribution is -1.89. The van der Waals surface area contributed by atoms with Crippen LogP contribution in [0.15, 0.2) is 34.9 Å². The Morgan fingerprint density at radius 2 is 2.06 bits per heavy atom. The molecule has 0 fully saturated rings. The molecule has 0 radical (unpaired) electrons. The second kappa shape index (κ2) is 4.82. The first-order valence-corrected chi connectivity index (χ1v) is 5.20. The lowest BCUT2D eigenvalue weighted by atomic mass is 10.1. The van der Waals surface area contributed by atoms with Crippen molar-refractivity contribution in [1.82, 2.24) is 4.98 Å². The third-order valence-corrected chi connectivity index (χ3v) is 2.38. The van der Waals surface area contributed by atoms with Crippen molar-refractivity contribution >= 4 is 11.6 Å². The summed E-state index contributed by atoms with van der Waals surface area (Å²) in [5.41, 5.74) is 1.75. The van der Waals surface area contributed by atoms with Gasteiger partial charge in [0.2, 0.25) is 0 Å². The van der Waals surface area contributed by atoms with Gasteiger partial charge < -0.3 is 4.42 Å². The monoisotopic (exact) mass is 232 g/mol. The van der Waals surface area contributed by atoms with E-state index in [2.05, 4.69) is 4.98 Å². The third kappa shape index (κ3) is 2.62. The maximum Gasteiger partial charge on any atom is 0.198 e. The molecule has 0 spiro atoms. The van der Waals surface area contributed by atoms with Crippen molar-refractivity contribution in [2.75, 3.05) is 0 Å². The zero-order valence-corrected chi connectivity index (χ0v) is 9.24. The SMILES string of the molecule is N#CCc1coc(Cc2ccc(Cl)cc2)n1. The van der Waals surface area contributed by atoms with Crippen LogP contribution in [0.4, 0.5) is 0 Å². The fraction of sp³-hybridized carbons (Fsp3) is 0.167. The summed E-state index contributed by atoms with van der Waals surface area (Å²) in [5, 5.41) is 9.21. The molecule has 0 bridgehead atoms. The molecule has 0 aliphatic heterocycles.